The number of hydrogen-bond donors (Lipinski definition) is 2. The average molecular weight is 457 g/mol. The number of ether oxygens (including phenoxy) is 4. The quantitative estimate of drug-likeness (QED) is 0.354. The van der Waals surface area contributed by atoms with Gasteiger partial charge in [0.05, 0.1) is 17.7 Å². The zero-order valence-corrected chi connectivity index (χ0v) is 21.0. The van der Waals surface area contributed by atoms with Crippen molar-refractivity contribution in [2.24, 2.45) is 11.8 Å². The Morgan fingerprint density at radius 1 is 0.875 bits per heavy atom. The fraction of sp³-hybridized carbons (Fsp3) is 0.783. The zero-order valence-electron chi connectivity index (χ0n) is 21.0. The molecule has 0 saturated carbocycles. The van der Waals surface area contributed by atoms with E-state index < -0.39 is 53.8 Å². The van der Waals surface area contributed by atoms with Crippen LogP contribution in [0.25, 0.3) is 0 Å². The van der Waals surface area contributed by atoms with Crippen LogP contribution >= 0.6 is 0 Å². The lowest BCUT2D eigenvalue weighted by molar-refractivity contribution is -0.215. The first-order valence-corrected chi connectivity index (χ1v) is 11.0. The van der Waals surface area contributed by atoms with Gasteiger partial charge < -0.3 is 29.6 Å². The molecule has 1 aliphatic rings. The van der Waals surface area contributed by atoms with E-state index in [1.165, 1.54) is 0 Å². The molecule has 0 aromatic heterocycles. The molecule has 1 fully saturated rings. The minimum absolute atomic E-state index is 0.0794. The van der Waals surface area contributed by atoms with E-state index in [0.717, 1.165) is 0 Å². The van der Waals surface area contributed by atoms with Gasteiger partial charge in [-0.3, -0.25) is 0 Å². The Hall–Kier alpha value is -2.29. The van der Waals surface area contributed by atoms with Gasteiger partial charge in [-0.05, 0) is 53.4 Å². The summed E-state index contributed by atoms with van der Waals surface area (Å²) in [5.41, 5.74) is -1.29. The molecule has 184 valence electrons. The first kappa shape index (κ1) is 27.7. The number of esters is 1. The number of carbonyl (C=O) groups excluding carboxylic acids is 3. The molecule has 1 aliphatic heterocycles. The highest BCUT2D eigenvalue weighted by molar-refractivity contribution is 5.90. The molecule has 2 N–H and O–H groups in total. The van der Waals surface area contributed by atoms with Crippen molar-refractivity contribution < 1.29 is 33.3 Å². The van der Waals surface area contributed by atoms with Gasteiger partial charge in [0.2, 0.25) is 6.29 Å². The van der Waals surface area contributed by atoms with Crippen molar-refractivity contribution in [1.82, 2.24) is 10.6 Å². The molecular weight excluding hydrogens is 416 g/mol. The summed E-state index contributed by atoms with van der Waals surface area (Å²) in [5, 5.41) is 5.52. The second kappa shape index (κ2) is 10.6. The van der Waals surface area contributed by atoms with Crippen LogP contribution < -0.4 is 10.6 Å². The Kier molecular flexibility index (Phi) is 9.15. The first-order chi connectivity index (χ1) is 14.4. The molecule has 4 atom stereocenters. The third-order valence-corrected chi connectivity index (χ3v) is 4.53. The fourth-order valence-electron chi connectivity index (χ4n) is 3.04. The van der Waals surface area contributed by atoms with Crippen LogP contribution in [0, 0.1) is 11.8 Å². The second-order valence-corrected chi connectivity index (χ2v) is 10.7. The van der Waals surface area contributed by atoms with Crippen LogP contribution in [-0.4, -0.2) is 53.8 Å². The summed E-state index contributed by atoms with van der Waals surface area (Å²) < 4.78 is 22.2. The Balaban J connectivity index is 3.09. The maximum atomic E-state index is 12.6. The summed E-state index contributed by atoms with van der Waals surface area (Å²) >= 11 is 0. The molecule has 0 aliphatic carbocycles. The molecule has 9 heteroatoms. The van der Waals surface area contributed by atoms with E-state index in [9.17, 15) is 14.4 Å². The average Bonchev–Trinajstić information content (AvgIpc) is 2.56. The van der Waals surface area contributed by atoms with E-state index >= 15 is 0 Å². The topological polar surface area (TPSA) is 112 Å². The number of carbonyl (C=O) groups is 3. The lowest BCUT2D eigenvalue weighted by Gasteiger charge is -2.41. The van der Waals surface area contributed by atoms with Crippen molar-refractivity contribution >= 4 is 18.2 Å². The number of nitrogens with one attached hydrogen (secondary N) is 2. The number of rotatable bonds is 6. The minimum Gasteiger partial charge on any atom is -0.444 e. The van der Waals surface area contributed by atoms with Gasteiger partial charge in [0.25, 0.3) is 0 Å². The van der Waals surface area contributed by atoms with Gasteiger partial charge in [-0.2, -0.15) is 0 Å². The van der Waals surface area contributed by atoms with Crippen LogP contribution in [0.2, 0.25) is 0 Å². The van der Waals surface area contributed by atoms with E-state index in [4.69, 9.17) is 18.9 Å². The maximum absolute atomic E-state index is 12.6. The van der Waals surface area contributed by atoms with Crippen molar-refractivity contribution in [3.05, 3.63) is 12.2 Å². The largest absolute Gasteiger partial charge is 0.444 e. The van der Waals surface area contributed by atoms with E-state index in [0.29, 0.717) is 0 Å². The Labute approximate surface area is 191 Å². The standard InChI is InChI=1S/C23H40N2O7/c1-12(2)15(24-20(27)31-22(6,7)8)17-14(5)18(26)30-19(29-17)16(13(3)4)25-21(28)32-23(9,10)11/h12-13,15-17,19H,5H2,1-4,6-11H3,(H,24,27)(H,25,28)/t15-,16-,17-,19+/m0/s1. The molecular formula is C23H40N2O7. The summed E-state index contributed by atoms with van der Waals surface area (Å²) in [6.07, 6.45) is -3.23. The Morgan fingerprint density at radius 2 is 1.28 bits per heavy atom. The number of amides is 2. The molecule has 1 saturated heterocycles. The van der Waals surface area contributed by atoms with Crippen LogP contribution in [0.3, 0.4) is 0 Å². The van der Waals surface area contributed by atoms with Crippen molar-refractivity contribution in [3.8, 4) is 0 Å². The van der Waals surface area contributed by atoms with Crippen LogP contribution in [-0.2, 0) is 23.7 Å². The molecule has 0 bridgehead atoms. The maximum Gasteiger partial charge on any atom is 0.408 e. The SMILES string of the molecule is C=C1C(=O)O[C@H]([C@@H](NC(=O)OC(C)(C)C)C(C)C)O[C@@H]1[C@@H](NC(=O)OC(C)(C)C)C(C)C. The van der Waals surface area contributed by atoms with E-state index in [1.54, 1.807) is 41.5 Å². The number of hydrogen-bond acceptors (Lipinski definition) is 7. The van der Waals surface area contributed by atoms with Gasteiger partial charge in [-0.25, -0.2) is 14.4 Å². The van der Waals surface area contributed by atoms with Gasteiger partial charge in [0.1, 0.15) is 17.3 Å². The Bertz CT molecular complexity index is 704. The zero-order chi connectivity index (χ0) is 25.0. The van der Waals surface area contributed by atoms with Crippen LogP contribution in [0.1, 0.15) is 69.2 Å². The molecule has 32 heavy (non-hydrogen) atoms. The Morgan fingerprint density at radius 3 is 1.66 bits per heavy atom. The van der Waals surface area contributed by atoms with Crippen molar-refractivity contribution in [2.75, 3.05) is 0 Å². The van der Waals surface area contributed by atoms with Crippen molar-refractivity contribution in [2.45, 2.75) is 105 Å². The lowest BCUT2D eigenvalue weighted by Crippen LogP contribution is -2.59. The summed E-state index contributed by atoms with van der Waals surface area (Å²) in [6, 6.07) is -1.29. The highest BCUT2D eigenvalue weighted by atomic mass is 16.7. The van der Waals surface area contributed by atoms with Gasteiger partial charge >= 0.3 is 18.2 Å². The number of alkyl carbamates (subject to hydrolysis) is 2. The van der Waals surface area contributed by atoms with E-state index in [1.807, 2.05) is 27.7 Å². The van der Waals surface area contributed by atoms with Crippen LogP contribution in [0.4, 0.5) is 9.59 Å². The van der Waals surface area contributed by atoms with Crippen molar-refractivity contribution in [3.63, 3.8) is 0 Å². The van der Waals surface area contributed by atoms with Gasteiger partial charge in [0, 0.05) is 0 Å². The van der Waals surface area contributed by atoms with Crippen LogP contribution in [0.15, 0.2) is 12.2 Å². The predicted octanol–water partition coefficient (Wildman–Crippen LogP) is 3.91. The molecule has 9 nitrogen and oxygen atoms in total. The molecule has 0 aromatic carbocycles. The lowest BCUT2D eigenvalue weighted by atomic mass is 9.92. The summed E-state index contributed by atoms with van der Waals surface area (Å²) in [7, 11) is 0. The summed E-state index contributed by atoms with van der Waals surface area (Å²) in [5.74, 6) is -0.921. The second-order valence-electron chi connectivity index (χ2n) is 10.7. The molecule has 0 spiro atoms. The highest BCUT2D eigenvalue weighted by Crippen LogP contribution is 2.28. The molecule has 0 unspecified atom stereocenters. The van der Waals surface area contributed by atoms with E-state index in [2.05, 4.69) is 17.2 Å². The van der Waals surface area contributed by atoms with E-state index in [-0.39, 0.29) is 17.4 Å². The first-order valence-electron chi connectivity index (χ1n) is 11.0. The smallest absolute Gasteiger partial charge is 0.408 e. The minimum atomic E-state index is -1.09. The molecule has 0 aromatic rings. The summed E-state index contributed by atoms with van der Waals surface area (Å²) in [4.78, 5) is 37.4. The number of cyclic esters (lactones) is 1. The third-order valence-electron chi connectivity index (χ3n) is 4.53. The fourth-order valence-corrected chi connectivity index (χ4v) is 3.04. The van der Waals surface area contributed by atoms with Gasteiger partial charge in [-0.1, -0.05) is 34.3 Å². The predicted molar refractivity (Wildman–Crippen MR) is 120 cm³/mol. The van der Waals surface area contributed by atoms with Gasteiger partial charge in [0.15, 0.2) is 0 Å². The molecule has 2 amide bonds. The highest BCUT2D eigenvalue weighted by Gasteiger charge is 2.44. The molecule has 1 heterocycles. The molecule has 1 rings (SSSR count). The van der Waals surface area contributed by atoms with Gasteiger partial charge in [-0.15, -0.1) is 0 Å². The van der Waals surface area contributed by atoms with Crippen LogP contribution in [0.5, 0.6) is 0 Å². The normalized spacial score (nSPS) is 21.6. The van der Waals surface area contributed by atoms with Crippen molar-refractivity contribution in [1.29, 1.82) is 0 Å². The summed E-state index contributed by atoms with van der Waals surface area (Å²) in [6.45, 7) is 21.8. The monoisotopic (exact) mass is 456 g/mol. The third kappa shape index (κ3) is 8.68. The molecule has 0 radical (unpaired) electrons.